The molecular weight excluding hydrogens is 380 g/mol. The predicted octanol–water partition coefficient (Wildman–Crippen LogP) is 2.97. The van der Waals surface area contributed by atoms with Crippen LogP contribution in [0.2, 0.25) is 0 Å². The Labute approximate surface area is 162 Å². The SMILES string of the molecule is COc1cccc(Oc2ccc3nc(-n4cc(OC(=O)O)cn4)[nH]c(=O)c3c2)c1. The zero-order chi connectivity index (χ0) is 20.4. The van der Waals surface area contributed by atoms with Gasteiger partial charge >= 0.3 is 6.16 Å². The van der Waals surface area contributed by atoms with E-state index in [0.717, 1.165) is 0 Å². The number of aromatic nitrogens is 4. The number of aromatic amines is 1. The normalized spacial score (nSPS) is 10.7. The second-order valence-electron chi connectivity index (χ2n) is 5.84. The van der Waals surface area contributed by atoms with Crippen molar-refractivity contribution in [2.24, 2.45) is 0 Å². The number of carboxylic acid groups (broad SMARTS) is 1. The number of ether oxygens (including phenoxy) is 3. The molecule has 0 atom stereocenters. The Bertz CT molecular complexity index is 1260. The first-order valence-corrected chi connectivity index (χ1v) is 8.33. The summed E-state index contributed by atoms with van der Waals surface area (Å²) in [4.78, 5) is 30.1. The van der Waals surface area contributed by atoms with Gasteiger partial charge in [0, 0.05) is 6.07 Å². The number of H-pyrrole nitrogens is 1. The van der Waals surface area contributed by atoms with Crippen LogP contribution in [0.25, 0.3) is 16.9 Å². The maximum Gasteiger partial charge on any atom is 0.511 e. The van der Waals surface area contributed by atoms with Gasteiger partial charge in [0.2, 0.25) is 5.95 Å². The third-order valence-electron chi connectivity index (χ3n) is 3.92. The Hall–Kier alpha value is -4.34. The largest absolute Gasteiger partial charge is 0.511 e. The molecule has 10 nitrogen and oxygen atoms in total. The first kappa shape index (κ1) is 18.0. The molecule has 2 aromatic carbocycles. The van der Waals surface area contributed by atoms with Crippen molar-refractivity contribution in [1.29, 1.82) is 0 Å². The van der Waals surface area contributed by atoms with Gasteiger partial charge in [0.25, 0.3) is 5.56 Å². The maximum absolute atomic E-state index is 12.5. The van der Waals surface area contributed by atoms with Gasteiger partial charge in [0.1, 0.15) is 17.2 Å². The van der Waals surface area contributed by atoms with Gasteiger partial charge in [0.15, 0.2) is 5.75 Å². The number of nitrogens with zero attached hydrogens (tertiary/aromatic N) is 3. The second kappa shape index (κ2) is 7.35. The monoisotopic (exact) mass is 394 g/mol. The standard InChI is InChI=1S/C19H14N4O6/c1-27-11-3-2-4-12(7-11)28-13-5-6-16-15(8-13)17(24)22-18(21-16)23-10-14(9-20-23)29-19(25)26/h2-10H,1H3,(H,25,26)(H,21,22,24). The average Bonchev–Trinajstić information content (AvgIpc) is 3.16. The van der Waals surface area contributed by atoms with E-state index in [2.05, 4.69) is 19.8 Å². The predicted molar refractivity (Wildman–Crippen MR) is 101 cm³/mol. The third-order valence-corrected chi connectivity index (χ3v) is 3.92. The van der Waals surface area contributed by atoms with Gasteiger partial charge < -0.3 is 19.3 Å². The van der Waals surface area contributed by atoms with Crippen LogP contribution >= 0.6 is 0 Å². The van der Waals surface area contributed by atoms with Crippen molar-refractivity contribution in [2.45, 2.75) is 0 Å². The zero-order valence-electron chi connectivity index (χ0n) is 15.0. The second-order valence-corrected chi connectivity index (χ2v) is 5.84. The van der Waals surface area contributed by atoms with Crippen LogP contribution in [0, 0.1) is 0 Å². The molecule has 0 spiro atoms. The molecule has 0 bridgehead atoms. The van der Waals surface area contributed by atoms with E-state index in [0.29, 0.717) is 28.2 Å². The van der Waals surface area contributed by atoms with Crippen LogP contribution in [-0.2, 0) is 0 Å². The summed E-state index contributed by atoms with van der Waals surface area (Å²) in [5, 5.41) is 12.9. The van der Waals surface area contributed by atoms with Gasteiger partial charge in [0.05, 0.1) is 30.4 Å². The molecule has 2 heterocycles. The maximum atomic E-state index is 12.5. The summed E-state index contributed by atoms with van der Waals surface area (Å²) < 4.78 is 16.7. The number of rotatable bonds is 5. The van der Waals surface area contributed by atoms with Crippen molar-refractivity contribution in [3.63, 3.8) is 0 Å². The highest BCUT2D eigenvalue weighted by atomic mass is 16.7. The highest BCUT2D eigenvalue weighted by Gasteiger charge is 2.11. The van der Waals surface area contributed by atoms with E-state index in [1.807, 2.05) is 0 Å². The summed E-state index contributed by atoms with van der Waals surface area (Å²) in [6, 6.07) is 12.0. The quantitative estimate of drug-likeness (QED) is 0.494. The molecule has 0 aliphatic carbocycles. The van der Waals surface area contributed by atoms with E-state index in [1.54, 1.807) is 49.6 Å². The Morgan fingerprint density at radius 1 is 1.10 bits per heavy atom. The van der Waals surface area contributed by atoms with E-state index in [4.69, 9.17) is 14.6 Å². The van der Waals surface area contributed by atoms with Gasteiger partial charge in [-0.25, -0.2) is 14.5 Å². The van der Waals surface area contributed by atoms with E-state index in [1.165, 1.54) is 17.1 Å². The highest BCUT2D eigenvalue weighted by Crippen LogP contribution is 2.26. The van der Waals surface area contributed by atoms with Crippen LogP contribution < -0.4 is 19.8 Å². The van der Waals surface area contributed by atoms with Gasteiger partial charge in [-0.15, -0.1) is 0 Å². The minimum absolute atomic E-state index is 0.00211. The number of fused-ring (bicyclic) bond motifs is 1. The molecule has 4 aromatic rings. The Balaban J connectivity index is 1.65. The summed E-state index contributed by atoms with van der Waals surface area (Å²) in [5.41, 5.74) is 0.00948. The summed E-state index contributed by atoms with van der Waals surface area (Å²) in [5.74, 6) is 1.79. The summed E-state index contributed by atoms with van der Waals surface area (Å²) >= 11 is 0. The number of hydrogen-bond acceptors (Lipinski definition) is 7. The lowest BCUT2D eigenvalue weighted by Crippen LogP contribution is -2.13. The van der Waals surface area contributed by atoms with Gasteiger partial charge in [-0.05, 0) is 30.3 Å². The first-order valence-electron chi connectivity index (χ1n) is 8.33. The number of carbonyl (C=O) groups is 1. The molecule has 0 unspecified atom stereocenters. The molecule has 2 N–H and O–H groups in total. The topological polar surface area (TPSA) is 129 Å². The van der Waals surface area contributed by atoms with Crippen LogP contribution in [-0.4, -0.2) is 38.1 Å². The lowest BCUT2D eigenvalue weighted by Gasteiger charge is -2.08. The molecule has 0 amide bonds. The van der Waals surface area contributed by atoms with Crippen molar-refractivity contribution >= 4 is 17.1 Å². The molecule has 0 fully saturated rings. The molecule has 0 aliphatic rings. The Morgan fingerprint density at radius 3 is 2.69 bits per heavy atom. The van der Waals surface area contributed by atoms with Crippen molar-refractivity contribution in [1.82, 2.24) is 19.7 Å². The first-order chi connectivity index (χ1) is 14.0. The van der Waals surface area contributed by atoms with Gasteiger partial charge in [-0.2, -0.15) is 5.10 Å². The molecular formula is C19H14N4O6. The van der Waals surface area contributed by atoms with E-state index >= 15 is 0 Å². The Kier molecular flexibility index (Phi) is 4.57. The molecule has 29 heavy (non-hydrogen) atoms. The van der Waals surface area contributed by atoms with Crippen molar-refractivity contribution in [3.8, 4) is 28.9 Å². The molecule has 2 aromatic heterocycles. The fourth-order valence-corrected chi connectivity index (χ4v) is 2.65. The average molecular weight is 394 g/mol. The number of hydrogen-bond donors (Lipinski definition) is 2. The van der Waals surface area contributed by atoms with Crippen LogP contribution in [0.1, 0.15) is 0 Å². The fourth-order valence-electron chi connectivity index (χ4n) is 2.65. The molecule has 146 valence electrons. The summed E-state index contributed by atoms with van der Waals surface area (Å²) in [7, 11) is 1.56. The zero-order valence-corrected chi connectivity index (χ0v) is 15.0. The minimum Gasteiger partial charge on any atom is -0.497 e. The van der Waals surface area contributed by atoms with E-state index in [-0.39, 0.29) is 11.7 Å². The molecule has 0 aliphatic heterocycles. The molecule has 0 saturated carbocycles. The third kappa shape index (κ3) is 3.86. The highest BCUT2D eigenvalue weighted by molar-refractivity contribution is 5.79. The van der Waals surface area contributed by atoms with E-state index < -0.39 is 11.7 Å². The number of nitrogens with one attached hydrogen (secondary N) is 1. The summed E-state index contributed by atoms with van der Waals surface area (Å²) in [6.07, 6.45) is 1.02. The molecule has 4 rings (SSSR count). The van der Waals surface area contributed by atoms with E-state index in [9.17, 15) is 9.59 Å². The molecule has 10 heteroatoms. The lowest BCUT2D eigenvalue weighted by molar-refractivity contribution is 0.144. The van der Waals surface area contributed by atoms with Crippen molar-refractivity contribution < 1.29 is 24.1 Å². The van der Waals surface area contributed by atoms with Crippen LogP contribution in [0.4, 0.5) is 4.79 Å². The van der Waals surface area contributed by atoms with Crippen LogP contribution in [0.15, 0.2) is 59.7 Å². The van der Waals surface area contributed by atoms with Crippen molar-refractivity contribution in [3.05, 3.63) is 65.2 Å². The number of methoxy groups -OCH3 is 1. The van der Waals surface area contributed by atoms with Gasteiger partial charge in [-0.3, -0.25) is 9.78 Å². The van der Waals surface area contributed by atoms with Crippen LogP contribution in [0.3, 0.4) is 0 Å². The molecule has 0 saturated heterocycles. The van der Waals surface area contributed by atoms with Crippen LogP contribution in [0.5, 0.6) is 23.0 Å². The minimum atomic E-state index is -1.46. The molecule has 0 radical (unpaired) electrons. The smallest absolute Gasteiger partial charge is 0.497 e. The fraction of sp³-hybridized carbons (Fsp3) is 0.0526. The van der Waals surface area contributed by atoms with Crippen molar-refractivity contribution in [2.75, 3.05) is 7.11 Å². The number of benzene rings is 2. The van der Waals surface area contributed by atoms with Gasteiger partial charge in [-0.1, -0.05) is 6.07 Å². The summed E-state index contributed by atoms with van der Waals surface area (Å²) in [6.45, 7) is 0. The Morgan fingerprint density at radius 2 is 1.90 bits per heavy atom. The lowest BCUT2D eigenvalue weighted by atomic mass is 10.2.